The number of imidazole rings is 1. The molecule has 8 nitrogen and oxygen atoms in total. The molecule has 0 radical (unpaired) electrons. The minimum Gasteiger partial charge on any atom is -0.368 e. The number of hydrogen-bond donors (Lipinski definition) is 3. The van der Waals surface area contributed by atoms with Crippen LogP contribution in [0.5, 0.6) is 0 Å². The van der Waals surface area contributed by atoms with Crippen molar-refractivity contribution >= 4 is 36.3 Å². The van der Waals surface area contributed by atoms with Crippen LogP contribution in [0.2, 0.25) is 5.15 Å². The topological polar surface area (TPSA) is 127 Å². The summed E-state index contributed by atoms with van der Waals surface area (Å²) in [5, 5.41) is 0.0714. The van der Waals surface area contributed by atoms with Crippen molar-refractivity contribution in [3.8, 4) is 0 Å². The van der Waals surface area contributed by atoms with Crippen LogP contribution in [0.4, 0.5) is 10.3 Å². The van der Waals surface area contributed by atoms with E-state index >= 15 is 0 Å². The predicted octanol–water partition coefficient (Wildman–Crippen LogP) is 1.48. The molecule has 0 aliphatic heterocycles. The third kappa shape index (κ3) is 4.21. The first-order chi connectivity index (χ1) is 9.76. The summed E-state index contributed by atoms with van der Waals surface area (Å²) in [6, 6.07) is 0. The number of anilines is 1. The van der Waals surface area contributed by atoms with Crippen LogP contribution in [0.25, 0.3) is 11.2 Å². The Hall–Kier alpha value is -1.54. The number of hydrogen-bond acceptors (Lipinski definition) is 5. The maximum absolute atomic E-state index is 13.7. The summed E-state index contributed by atoms with van der Waals surface area (Å²) < 4.78 is 25.8. The van der Waals surface area contributed by atoms with Crippen molar-refractivity contribution < 1.29 is 18.7 Å². The molecule has 0 spiro atoms. The summed E-state index contributed by atoms with van der Waals surface area (Å²) in [4.78, 5) is 29.0. The molecule has 0 aromatic carbocycles. The standard InChI is InChI=1S/C10H12ClFN5O3P/c11-8-7-9(16-10(13)15-8)17(5-14-7)4-6(12)2-1-3-21(18,19)20/h2,5H,1,3-4H2,(H2,13,15,16)(H2,18,19,20). The Morgan fingerprint density at radius 2 is 2.24 bits per heavy atom. The van der Waals surface area contributed by atoms with Gasteiger partial charge in [-0.25, -0.2) is 9.37 Å². The van der Waals surface area contributed by atoms with Crippen LogP contribution in [-0.2, 0) is 11.1 Å². The average molecular weight is 336 g/mol. The van der Waals surface area contributed by atoms with E-state index in [-0.39, 0.29) is 29.7 Å². The molecule has 2 aromatic rings. The molecule has 4 N–H and O–H groups in total. The molecule has 0 saturated heterocycles. The molecular weight excluding hydrogens is 324 g/mol. The molecule has 0 unspecified atom stereocenters. The number of nitrogens with zero attached hydrogens (tertiary/aromatic N) is 4. The van der Waals surface area contributed by atoms with E-state index in [0.717, 1.165) is 6.08 Å². The van der Waals surface area contributed by atoms with Crippen LogP contribution in [-0.4, -0.2) is 35.5 Å². The number of halogens is 2. The number of fused-ring (bicyclic) bond motifs is 1. The fourth-order valence-electron chi connectivity index (χ4n) is 1.66. The molecule has 0 bridgehead atoms. The zero-order valence-electron chi connectivity index (χ0n) is 10.6. The van der Waals surface area contributed by atoms with Gasteiger partial charge in [-0.1, -0.05) is 17.7 Å². The van der Waals surface area contributed by atoms with E-state index in [0.29, 0.717) is 5.52 Å². The highest BCUT2D eigenvalue weighted by atomic mass is 35.5. The zero-order chi connectivity index (χ0) is 15.6. The van der Waals surface area contributed by atoms with Crippen LogP contribution < -0.4 is 5.73 Å². The van der Waals surface area contributed by atoms with Gasteiger partial charge < -0.3 is 20.1 Å². The number of rotatable bonds is 5. The zero-order valence-corrected chi connectivity index (χ0v) is 12.3. The first-order valence-electron chi connectivity index (χ1n) is 5.79. The molecular formula is C10H12ClFN5O3P. The number of nitrogens with two attached hydrogens (primary N) is 1. The average Bonchev–Trinajstić information content (AvgIpc) is 2.71. The number of aromatic nitrogens is 4. The normalized spacial score (nSPS) is 13.0. The highest BCUT2D eigenvalue weighted by Crippen LogP contribution is 2.35. The second kappa shape index (κ2) is 6.07. The number of allylic oxidation sites excluding steroid dienone is 2. The van der Waals surface area contributed by atoms with Crippen molar-refractivity contribution in [2.24, 2.45) is 0 Å². The molecule has 2 heterocycles. The van der Waals surface area contributed by atoms with E-state index in [2.05, 4.69) is 15.0 Å². The summed E-state index contributed by atoms with van der Waals surface area (Å²) in [7, 11) is -4.13. The molecule has 0 fully saturated rings. The molecule has 11 heteroatoms. The Kier molecular flexibility index (Phi) is 4.58. The third-order valence-electron chi connectivity index (χ3n) is 2.55. The summed E-state index contributed by atoms with van der Waals surface area (Å²) >= 11 is 5.84. The van der Waals surface area contributed by atoms with E-state index in [4.69, 9.17) is 27.1 Å². The van der Waals surface area contributed by atoms with Gasteiger partial charge >= 0.3 is 7.60 Å². The fraction of sp³-hybridized carbons (Fsp3) is 0.300. The van der Waals surface area contributed by atoms with Gasteiger partial charge in [-0.3, -0.25) is 4.57 Å². The smallest absolute Gasteiger partial charge is 0.325 e. The molecule has 0 aliphatic rings. The first-order valence-corrected chi connectivity index (χ1v) is 7.97. The van der Waals surface area contributed by atoms with Gasteiger partial charge in [-0.15, -0.1) is 0 Å². The quantitative estimate of drug-likeness (QED) is 0.557. The number of nitrogen functional groups attached to an aromatic ring is 1. The lowest BCUT2D eigenvalue weighted by molar-refractivity contribution is 0.373. The van der Waals surface area contributed by atoms with Crippen molar-refractivity contribution in [1.29, 1.82) is 0 Å². The highest BCUT2D eigenvalue weighted by molar-refractivity contribution is 7.51. The largest absolute Gasteiger partial charge is 0.368 e. The summed E-state index contributed by atoms with van der Waals surface area (Å²) in [5.41, 5.74) is 6.05. The van der Waals surface area contributed by atoms with Gasteiger partial charge in [0.25, 0.3) is 0 Å². The van der Waals surface area contributed by atoms with Gasteiger partial charge in [0.2, 0.25) is 5.95 Å². The lowest BCUT2D eigenvalue weighted by Gasteiger charge is -2.03. The van der Waals surface area contributed by atoms with E-state index in [1.54, 1.807) is 0 Å². The van der Waals surface area contributed by atoms with Crippen molar-refractivity contribution in [1.82, 2.24) is 19.5 Å². The van der Waals surface area contributed by atoms with Gasteiger partial charge in [0.15, 0.2) is 10.8 Å². The maximum Gasteiger partial charge on any atom is 0.325 e. The molecule has 21 heavy (non-hydrogen) atoms. The molecule has 2 aromatic heterocycles. The van der Waals surface area contributed by atoms with Crippen LogP contribution in [0.1, 0.15) is 6.42 Å². The first kappa shape index (κ1) is 15.8. The Balaban J connectivity index is 2.16. The molecule has 0 saturated carbocycles. The Bertz CT molecular complexity index is 744. The monoisotopic (exact) mass is 335 g/mol. The van der Waals surface area contributed by atoms with Crippen LogP contribution >= 0.6 is 19.2 Å². The highest BCUT2D eigenvalue weighted by Gasteiger charge is 2.13. The lowest BCUT2D eigenvalue weighted by atomic mass is 10.4. The second-order valence-corrected chi connectivity index (χ2v) is 6.38. The summed E-state index contributed by atoms with van der Waals surface area (Å²) in [6.45, 7) is -0.190. The van der Waals surface area contributed by atoms with Crippen LogP contribution in [0.3, 0.4) is 0 Å². The Morgan fingerprint density at radius 1 is 1.52 bits per heavy atom. The summed E-state index contributed by atoms with van der Waals surface area (Å²) in [6.07, 6.45) is 1.96. The van der Waals surface area contributed by atoms with Crippen molar-refractivity contribution in [2.45, 2.75) is 13.0 Å². The van der Waals surface area contributed by atoms with E-state index < -0.39 is 19.6 Å². The Morgan fingerprint density at radius 3 is 2.90 bits per heavy atom. The van der Waals surface area contributed by atoms with Crippen LogP contribution in [0, 0.1) is 0 Å². The fourth-order valence-corrected chi connectivity index (χ4v) is 2.34. The van der Waals surface area contributed by atoms with Gasteiger partial charge in [-0.05, 0) is 6.42 Å². The third-order valence-corrected chi connectivity index (χ3v) is 3.65. The molecule has 0 atom stereocenters. The molecule has 114 valence electrons. The minimum absolute atomic E-state index is 0.0554. The lowest BCUT2D eigenvalue weighted by Crippen LogP contribution is -2.02. The Labute approximate surface area is 123 Å². The van der Waals surface area contributed by atoms with Gasteiger partial charge in [0.05, 0.1) is 19.0 Å². The van der Waals surface area contributed by atoms with Crippen molar-refractivity contribution in [2.75, 3.05) is 11.9 Å². The van der Waals surface area contributed by atoms with E-state index in [1.807, 2.05) is 0 Å². The van der Waals surface area contributed by atoms with Gasteiger partial charge in [0.1, 0.15) is 11.3 Å². The van der Waals surface area contributed by atoms with Gasteiger partial charge in [0, 0.05) is 0 Å². The predicted molar refractivity (Wildman–Crippen MR) is 75.5 cm³/mol. The summed E-state index contributed by atoms with van der Waals surface area (Å²) in [5.74, 6) is -0.629. The van der Waals surface area contributed by atoms with E-state index in [1.165, 1.54) is 10.9 Å². The molecule has 0 amide bonds. The van der Waals surface area contributed by atoms with Crippen LogP contribution in [0.15, 0.2) is 18.2 Å². The molecule has 0 aliphatic carbocycles. The van der Waals surface area contributed by atoms with Crippen molar-refractivity contribution in [3.05, 3.63) is 23.4 Å². The SMILES string of the molecule is Nc1nc(Cl)c2ncn(CC(F)=CCCP(=O)(O)O)c2n1. The van der Waals surface area contributed by atoms with Gasteiger partial charge in [-0.2, -0.15) is 9.97 Å². The van der Waals surface area contributed by atoms with Crippen molar-refractivity contribution in [3.63, 3.8) is 0 Å². The second-order valence-electron chi connectivity index (χ2n) is 4.25. The molecule has 2 rings (SSSR count). The maximum atomic E-state index is 13.7. The van der Waals surface area contributed by atoms with E-state index in [9.17, 15) is 8.96 Å². The minimum atomic E-state index is -4.13.